The molecular formula is C16H16N2O8S. The van der Waals surface area contributed by atoms with Crippen LogP contribution in [0.4, 0.5) is 10.5 Å². The highest BCUT2D eigenvalue weighted by atomic mass is 32.2. The van der Waals surface area contributed by atoms with E-state index in [9.17, 15) is 29.6 Å². The Morgan fingerprint density at radius 3 is 2.67 bits per heavy atom. The maximum Gasteiger partial charge on any atom is 0.328 e. The third-order valence-corrected chi connectivity index (χ3v) is 4.51. The second kappa shape index (κ2) is 8.08. The summed E-state index contributed by atoms with van der Waals surface area (Å²) < 4.78 is 9.71. The van der Waals surface area contributed by atoms with Crippen molar-refractivity contribution in [2.45, 2.75) is 19.9 Å². The molecule has 0 aromatic heterocycles. The molecule has 1 aliphatic rings. The highest BCUT2D eigenvalue weighted by molar-refractivity contribution is 8.18. The zero-order chi connectivity index (χ0) is 20.3. The second-order valence-corrected chi connectivity index (χ2v) is 6.32. The van der Waals surface area contributed by atoms with E-state index < -0.39 is 39.5 Å². The summed E-state index contributed by atoms with van der Waals surface area (Å²) in [5, 5.41) is 20.4. The van der Waals surface area contributed by atoms with Crippen molar-refractivity contribution in [1.82, 2.24) is 4.90 Å². The van der Waals surface area contributed by atoms with Gasteiger partial charge in [-0.2, -0.15) is 0 Å². The summed E-state index contributed by atoms with van der Waals surface area (Å²) in [4.78, 5) is 47.2. The number of thioether (sulfide) groups is 1. The summed E-state index contributed by atoms with van der Waals surface area (Å²) in [5.41, 5.74) is -0.423. The average molecular weight is 396 g/mol. The SMILES string of the molecule is CCOc1cc(/C=C2/SC(=O)N([C@@H](C)C(=O)OC)C2=O)cc([N+](=O)[O-])c1O. The van der Waals surface area contributed by atoms with Gasteiger partial charge in [0.1, 0.15) is 6.04 Å². The molecule has 2 amide bonds. The first-order chi connectivity index (χ1) is 12.7. The van der Waals surface area contributed by atoms with E-state index >= 15 is 0 Å². The zero-order valence-corrected chi connectivity index (χ0v) is 15.4. The standard InChI is InChI=1S/C16H16N2O8S/c1-4-26-11-6-9(5-10(13(11)19)18(23)24)7-12-14(20)17(16(22)27-12)8(2)15(21)25-3/h5-8,19H,4H2,1-3H3/b12-7+/t8-/m0/s1. The molecule has 1 aliphatic heterocycles. The number of esters is 1. The summed E-state index contributed by atoms with van der Waals surface area (Å²) in [6.45, 7) is 3.14. The number of nitro groups is 1. The number of phenolic OH excluding ortho intramolecular Hbond substituents is 1. The molecule has 1 heterocycles. The second-order valence-electron chi connectivity index (χ2n) is 5.33. The Bertz CT molecular complexity index is 851. The van der Waals surface area contributed by atoms with Crippen molar-refractivity contribution >= 4 is 40.6 Å². The molecule has 0 aliphatic carbocycles. The first-order valence-electron chi connectivity index (χ1n) is 7.70. The first kappa shape index (κ1) is 20.2. The predicted octanol–water partition coefficient (Wildman–Crippen LogP) is 2.30. The van der Waals surface area contributed by atoms with Crippen LogP contribution in [-0.2, 0) is 14.3 Å². The van der Waals surface area contributed by atoms with Crippen LogP contribution in [0.1, 0.15) is 19.4 Å². The van der Waals surface area contributed by atoms with Gasteiger partial charge in [-0.05, 0) is 43.3 Å². The fourth-order valence-electron chi connectivity index (χ4n) is 2.34. The molecule has 1 saturated heterocycles. The zero-order valence-electron chi connectivity index (χ0n) is 14.6. The lowest BCUT2D eigenvalue weighted by atomic mass is 10.1. The van der Waals surface area contributed by atoms with E-state index in [-0.39, 0.29) is 22.8 Å². The summed E-state index contributed by atoms with van der Waals surface area (Å²) in [5.74, 6) is -2.24. The number of nitrogens with zero attached hydrogens (tertiary/aromatic N) is 2. The number of methoxy groups -OCH3 is 1. The van der Waals surface area contributed by atoms with Crippen molar-refractivity contribution in [2.24, 2.45) is 0 Å². The molecule has 27 heavy (non-hydrogen) atoms. The molecule has 11 heteroatoms. The van der Waals surface area contributed by atoms with Crippen LogP contribution in [-0.4, -0.2) is 51.8 Å². The van der Waals surface area contributed by atoms with Crippen LogP contribution in [0.2, 0.25) is 0 Å². The van der Waals surface area contributed by atoms with Crippen LogP contribution in [0, 0.1) is 10.1 Å². The van der Waals surface area contributed by atoms with Crippen molar-refractivity contribution in [3.05, 3.63) is 32.7 Å². The average Bonchev–Trinajstić information content (AvgIpc) is 2.89. The molecule has 0 bridgehead atoms. The Kier molecular flexibility index (Phi) is 6.05. The number of amides is 2. The fourth-order valence-corrected chi connectivity index (χ4v) is 3.25. The molecule has 0 saturated carbocycles. The van der Waals surface area contributed by atoms with Gasteiger partial charge in [0, 0.05) is 6.07 Å². The Balaban J connectivity index is 2.44. The van der Waals surface area contributed by atoms with Crippen LogP contribution in [0.5, 0.6) is 11.5 Å². The molecular weight excluding hydrogens is 380 g/mol. The number of carbonyl (C=O) groups is 3. The summed E-state index contributed by atoms with van der Waals surface area (Å²) in [7, 11) is 1.14. The van der Waals surface area contributed by atoms with Crippen molar-refractivity contribution < 1.29 is 33.9 Å². The molecule has 10 nitrogen and oxygen atoms in total. The Hall–Kier alpha value is -3.08. The normalized spacial score (nSPS) is 16.6. The van der Waals surface area contributed by atoms with Gasteiger partial charge in [-0.3, -0.25) is 24.6 Å². The summed E-state index contributed by atoms with van der Waals surface area (Å²) in [6.07, 6.45) is 1.25. The van der Waals surface area contributed by atoms with Crippen LogP contribution in [0.15, 0.2) is 17.0 Å². The highest BCUT2D eigenvalue weighted by Gasteiger charge is 2.41. The van der Waals surface area contributed by atoms with Crippen molar-refractivity contribution in [2.75, 3.05) is 13.7 Å². The minimum absolute atomic E-state index is 0.0295. The van der Waals surface area contributed by atoms with Crippen LogP contribution in [0.3, 0.4) is 0 Å². The van der Waals surface area contributed by atoms with Crippen molar-refractivity contribution in [1.29, 1.82) is 0 Å². The van der Waals surface area contributed by atoms with E-state index in [4.69, 9.17) is 4.74 Å². The first-order valence-corrected chi connectivity index (χ1v) is 8.52. The monoisotopic (exact) mass is 396 g/mol. The Morgan fingerprint density at radius 1 is 1.44 bits per heavy atom. The molecule has 144 valence electrons. The molecule has 1 atom stereocenters. The van der Waals surface area contributed by atoms with Gasteiger partial charge < -0.3 is 14.6 Å². The van der Waals surface area contributed by atoms with Gasteiger partial charge in [0.05, 0.1) is 23.5 Å². The third kappa shape index (κ3) is 4.03. The van der Waals surface area contributed by atoms with E-state index in [2.05, 4.69) is 4.74 Å². The minimum atomic E-state index is -1.11. The van der Waals surface area contributed by atoms with Gasteiger partial charge in [-0.1, -0.05) is 0 Å². The number of carbonyl (C=O) groups excluding carboxylic acids is 3. The number of hydrogen-bond donors (Lipinski definition) is 1. The predicted molar refractivity (Wildman–Crippen MR) is 95.2 cm³/mol. The van der Waals surface area contributed by atoms with Gasteiger partial charge in [0.15, 0.2) is 5.75 Å². The van der Waals surface area contributed by atoms with Gasteiger partial charge in [-0.15, -0.1) is 0 Å². The molecule has 0 radical (unpaired) electrons. The van der Waals surface area contributed by atoms with E-state index in [1.165, 1.54) is 19.1 Å². The number of benzene rings is 1. The lowest BCUT2D eigenvalue weighted by Gasteiger charge is -2.18. The lowest BCUT2D eigenvalue weighted by molar-refractivity contribution is -0.386. The topological polar surface area (TPSA) is 136 Å². The number of aromatic hydroxyl groups is 1. The Morgan fingerprint density at radius 2 is 2.11 bits per heavy atom. The maximum absolute atomic E-state index is 12.5. The number of hydrogen-bond acceptors (Lipinski definition) is 9. The third-order valence-electron chi connectivity index (χ3n) is 3.62. The smallest absolute Gasteiger partial charge is 0.328 e. The van der Waals surface area contributed by atoms with Crippen LogP contribution < -0.4 is 4.74 Å². The fraction of sp³-hybridized carbons (Fsp3) is 0.312. The Labute approximate surface area is 157 Å². The van der Waals surface area contributed by atoms with Gasteiger partial charge >= 0.3 is 11.7 Å². The number of phenols is 1. The van der Waals surface area contributed by atoms with Crippen LogP contribution >= 0.6 is 11.8 Å². The van der Waals surface area contributed by atoms with Crippen LogP contribution in [0.25, 0.3) is 6.08 Å². The molecule has 0 unspecified atom stereocenters. The van der Waals surface area contributed by atoms with Gasteiger partial charge in [0.25, 0.3) is 11.1 Å². The number of imide groups is 1. The number of nitro benzene ring substituents is 1. The highest BCUT2D eigenvalue weighted by Crippen LogP contribution is 2.39. The van der Waals surface area contributed by atoms with Gasteiger partial charge in [-0.25, -0.2) is 4.79 Å². The number of rotatable bonds is 6. The molecule has 0 spiro atoms. The molecule has 1 fully saturated rings. The van der Waals surface area contributed by atoms with Crippen molar-refractivity contribution in [3.63, 3.8) is 0 Å². The van der Waals surface area contributed by atoms with E-state index in [1.54, 1.807) is 6.92 Å². The summed E-state index contributed by atoms with van der Waals surface area (Å²) >= 11 is 0.588. The summed E-state index contributed by atoms with van der Waals surface area (Å²) in [6, 6.07) is 1.25. The van der Waals surface area contributed by atoms with E-state index in [0.29, 0.717) is 11.8 Å². The number of ether oxygens (including phenoxy) is 2. The molecule has 1 aromatic rings. The van der Waals surface area contributed by atoms with Gasteiger partial charge in [0.2, 0.25) is 5.75 Å². The molecule has 1 N–H and O–H groups in total. The largest absolute Gasteiger partial charge is 0.500 e. The molecule has 2 rings (SSSR count). The van der Waals surface area contributed by atoms with Crippen molar-refractivity contribution in [3.8, 4) is 11.5 Å². The molecule has 1 aromatic carbocycles. The van der Waals surface area contributed by atoms with E-state index in [0.717, 1.165) is 18.1 Å². The quantitative estimate of drug-likeness (QED) is 0.332. The minimum Gasteiger partial charge on any atom is -0.500 e. The van der Waals surface area contributed by atoms with E-state index in [1.807, 2.05) is 0 Å². The lowest BCUT2D eigenvalue weighted by Crippen LogP contribution is -2.42. The maximum atomic E-state index is 12.5.